The van der Waals surface area contributed by atoms with E-state index < -0.39 is 5.60 Å². The second-order valence-corrected chi connectivity index (χ2v) is 6.07. The molecule has 0 bridgehead atoms. The standard InChI is InChI=1S/C12H22N2O3/c1-11(2,3)17-10(15)14-5-4-13-6-12(7-14)8-16-9-12/h13H,4-9H2,1-3H3. The number of hydrogen-bond acceptors (Lipinski definition) is 4. The third-order valence-corrected chi connectivity index (χ3v) is 3.05. The number of carbonyl (C=O) groups excluding carboxylic acids is 1. The summed E-state index contributed by atoms with van der Waals surface area (Å²) in [5.41, 5.74) is -0.326. The van der Waals surface area contributed by atoms with E-state index in [-0.39, 0.29) is 11.5 Å². The first kappa shape index (κ1) is 12.6. The molecule has 2 rings (SSSR count). The fraction of sp³-hybridized carbons (Fsp3) is 0.917. The molecule has 5 nitrogen and oxygen atoms in total. The number of hydrogen-bond donors (Lipinski definition) is 1. The number of carbonyl (C=O) groups is 1. The van der Waals surface area contributed by atoms with E-state index in [1.165, 1.54) is 0 Å². The Hall–Kier alpha value is -0.810. The zero-order valence-corrected chi connectivity index (χ0v) is 10.9. The topological polar surface area (TPSA) is 50.8 Å². The maximum Gasteiger partial charge on any atom is 0.410 e. The Bertz CT molecular complexity index is 295. The van der Waals surface area contributed by atoms with Crippen molar-refractivity contribution in [2.45, 2.75) is 26.4 Å². The second kappa shape index (κ2) is 4.46. The molecule has 17 heavy (non-hydrogen) atoms. The maximum atomic E-state index is 12.0. The zero-order chi connectivity index (χ0) is 12.5. The molecule has 1 amide bonds. The summed E-state index contributed by atoms with van der Waals surface area (Å²) in [6.45, 7) is 10.3. The van der Waals surface area contributed by atoms with Crippen LogP contribution < -0.4 is 5.32 Å². The van der Waals surface area contributed by atoms with E-state index in [0.29, 0.717) is 6.54 Å². The van der Waals surface area contributed by atoms with Gasteiger partial charge < -0.3 is 19.7 Å². The lowest BCUT2D eigenvalue weighted by atomic mass is 9.85. The van der Waals surface area contributed by atoms with Crippen LogP contribution in [0.1, 0.15) is 20.8 Å². The Kier molecular flexibility index (Phi) is 3.32. The SMILES string of the molecule is CC(C)(C)OC(=O)N1CCNCC2(COC2)C1. The zero-order valence-electron chi connectivity index (χ0n) is 10.9. The van der Waals surface area contributed by atoms with Crippen LogP contribution in [0.3, 0.4) is 0 Å². The summed E-state index contributed by atoms with van der Waals surface area (Å²) in [4.78, 5) is 13.8. The van der Waals surface area contributed by atoms with Crippen molar-refractivity contribution in [2.24, 2.45) is 5.41 Å². The van der Waals surface area contributed by atoms with E-state index in [9.17, 15) is 4.79 Å². The van der Waals surface area contributed by atoms with Gasteiger partial charge >= 0.3 is 6.09 Å². The predicted molar refractivity (Wildman–Crippen MR) is 63.9 cm³/mol. The molecule has 0 radical (unpaired) electrons. The van der Waals surface area contributed by atoms with Crippen molar-refractivity contribution in [3.63, 3.8) is 0 Å². The molecule has 0 unspecified atom stereocenters. The fourth-order valence-corrected chi connectivity index (χ4v) is 2.17. The molecule has 2 saturated heterocycles. The average Bonchev–Trinajstić information content (AvgIpc) is 2.35. The Morgan fingerprint density at radius 1 is 1.41 bits per heavy atom. The average molecular weight is 242 g/mol. The number of nitrogens with zero attached hydrogens (tertiary/aromatic N) is 1. The summed E-state index contributed by atoms with van der Waals surface area (Å²) in [7, 11) is 0. The quantitative estimate of drug-likeness (QED) is 0.684. The number of rotatable bonds is 0. The first-order valence-corrected chi connectivity index (χ1v) is 6.17. The van der Waals surface area contributed by atoms with Gasteiger partial charge in [0.2, 0.25) is 0 Å². The van der Waals surface area contributed by atoms with Gasteiger partial charge in [-0.1, -0.05) is 0 Å². The van der Waals surface area contributed by atoms with E-state index >= 15 is 0 Å². The lowest BCUT2D eigenvalue weighted by Gasteiger charge is -2.42. The van der Waals surface area contributed by atoms with E-state index in [2.05, 4.69) is 5.32 Å². The molecule has 2 fully saturated rings. The van der Waals surface area contributed by atoms with Gasteiger partial charge in [0.15, 0.2) is 0 Å². The summed E-state index contributed by atoms with van der Waals surface area (Å²) < 4.78 is 10.7. The minimum absolute atomic E-state index is 0.105. The molecule has 5 heteroatoms. The smallest absolute Gasteiger partial charge is 0.410 e. The van der Waals surface area contributed by atoms with Crippen LogP contribution >= 0.6 is 0 Å². The Labute approximate surface area is 102 Å². The van der Waals surface area contributed by atoms with Crippen LogP contribution in [0.2, 0.25) is 0 Å². The first-order valence-electron chi connectivity index (χ1n) is 6.17. The number of ether oxygens (including phenoxy) is 2. The number of amides is 1. The highest BCUT2D eigenvalue weighted by Crippen LogP contribution is 2.29. The van der Waals surface area contributed by atoms with E-state index in [0.717, 1.165) is 32.8 Å². The molecule has 98 valence electrons. The van der Waals surface area contributed by atoms with Crippen LogP contribution in [0.5, 0.6) is 0 Å². The molecule has 0 saturated carbocycles. The van der Waals surface area contributed by atoms with Gasteiger partial charge in [-0.25, -0.2) is 4.79 Å². The van der Waals surface area contributed by atoms with Gasteiger partial charge in [-0.15, -0.1) is 0 Å². The maximum absolute atomic E-state index is 12.0. The van der Waals surface area contributed by atoms with Crippen molar-refractivity contribution in [1.82, 2.24) is 10.2 Å². The molecular weight excluding hydrogens is 220 g/mol. The summed E-state index contributed by atoms with van der Waals surface area (Å²) in [5.74, 6) is 0. The van der Waals surface area contributed by atoms with Gasteiger partial charge in [-0.05, 0) is 20.8 Å². The van der Waals surface area contributed by atoms with Gasteiger partial charge in [-0.2, -0.15) is 0 Å². The highest BCUT2D eigenvalue weighted by Gasteiger charge is 2.42. The van der Waals surface area contributed by atoms with Crippen molar-refractivity contribution in [3.8, 4) is 0 Å². The summed E-state index contributed by atoms with van der Waals surface area (Å²) >= 11 is 0. The number of nitrogens with one attached hydrogen (secondary N) is 1. The lowest BCUT2D eigenvalue weighted by molar-refractivity contribution is -0.118. The molecule has 1 N–H and O–H groups in total. The molecule has 0 aliphatic carbocycles. The van der Waals surface area contributed by atoms with Crippen molar-refractivity contribution >= 4 is 6.09 Å². The normalized spacial score (nSPS) is 24.1. The van der Waals surface area contributed by atoms with Gasteiger partial charge in [0.25, 0.3) is 0 Å². The lowest BCUT2D eigenvalue weighted by Crippen LogP contribution is -2.54. The predicted octanol–water partition coefficient (Wildman–Crippen LogP) is 0.843. The third kappa shape index (κ3) is 3.10. The summed E-state index contributed by atoms with van der Waals surface area (Å²) in [5, 5.41) is 3.36. The van der Waals surface area contributed by atoms with Crippen LogP contribution in [0.25, 0.3) is 0 Å². The molecule has 2 aliphatic heterocycles. The fourth-order valence-electron chi connectivity index (χ4n) is 2.17. The third-order valence-electron chi connectivity index (χ3n) is 3.05. The Morgan fingerprint density at radius 2 is 2.12 bits per heavy atom. The summed E-state index contributed by atoms with van der Waals surface area (Å²) in [6, 6.07) is 0. The van der Waals surface area contributed by atoms with Gasteiger partial charge in [0.05, 0.1) is 13.2 Å². The van der Waals surface area contributed by atoms with Gasteiger partial charge in [0, 0.05) is 31.6 Å². The molecule has 1 spiro atoms. The molecule has 0 aromatic heterocycles. The van der Waals surface area contributed by atoms with E-state index in [1.807, 2.05) is 20.8 Å². The van der Waals surface area contributed by atoms with Crippen molar-refractivity contribution in [2.75, 3.05) is 39.4 Å². The van der Waals surface area contributed by atoms with E-state index in [1.54, 1.807) is 4.90 Å². The van der Waals surface area contributed by atoms with Gasteiger partial charge in [0.1, 0.15) is 5.60 Å². The monoisotopic (exact) mass is 242 g/mol. The molecular formula is C12H22N2O3. The Balaban J connectivity index is 1.97. The first-order chi connectivity index (χ1) is 7.90. The van der Waals surface area contributed by atoms with Crippen LogP contribution in [0.15, 0.2) is 0 Å². The Morgan fingerprint density at radius 3 is 2.65 bits per heavy atom. The van der Waals surface area contributed by atoms with Crippen LogP contribution in [0, 0.1) is 5.41 Å². The van der Waals surface area contributed by atoms with Gasteiger partial charge in [-0.3, -0.25) is 0 Å². The molecule has 2 aliphatic rings. The summed E-state index contributed by atoms with van der Waals surface area (Å²) in [6.07, 6.45) is -0.215. The molecule has 0 aromatic carbocycles. The van der Waals surface area contributed by atoms with Crippen molar-refractivity contribution in [3.05, 3.63) is 0 Å². The minimum atomic E-state index is -0.430. The highest BCUT2D eigenvalue weighted by atomic mass is 16.6. The van der Waals surface area contributed by atoms with Crippen LogP contribution in [-0.2, 0) is 9.47 Å². The van der Waals surface area contributed by atoms with Crippen molar-refractivity contribution < 1.29 is 14.3 Å². The van der Waals surface area contributed by atoms with Crippen molar-refractivity contribution in [1.29, 1.82) is 0 Å². The largest absolute Gasteiger partial charge is 0.444 e. The molecule has 2 heterocycles. The van der Waals surface area contributed by atoms with Crippen LogP contribution in [0.4, 0.5) is 4.79 Å². The van der Waals surface area contributed by atoms with E-state index in [4.69, 9.17) is 9.47 Å². The minimum Gasteiger partial charge on any atom is -0.444 e. The second-order valence-electron chi connectivity index (χ2n) is 6.07. The molecule has 0 atom stereocenters. The molecule has 0 aromatic rings. The van der Waals surface area contributed by atoms with Crippen LogP contribution in [-0.4, -0.2) is 56.0 Å². The highest BCUT2D eigenvalue weighted by molar-refractivity contribution is 5.68.